The standard InChI is InChI=1S/C12H17ClFNO/c1-3-6-16-8-12(15-2)10-7-9(14)4-5-11(10)13/h4-5,7,12,15H,3,6,8H2,1-2H3. The van der Waals surface area contributed by atoms with E-state index in [1.165, 1.54) is 12.1 Å². The van der Waals surface area contributed by atoms with Gasteiger partial charge < -0.3 is 10.1 Å². The molecule has 90 valence electrons. The van der Waals surface area contributed by atoms with Crippen LogP contribution in [0.1, 0.15) is 24.9 Å². The molecule has 0 fully saturated rings. The Morgan fingerprint density at radius 3 is 2.88 bits per heavy atom. The first-order valence-corrected chi connectivity index (χ1v) is 5.76. The first-order chi connectivity index (χ1) is 7.69. The van der Waals surface area contributed by atoms with E-state index >= 15 is 0 Å². The molecule has 1 N–H and O–H groups in total. The maximum Gasteiger partial charge on any atom is 0.123 e. The number of rotatable bonds is 6. The van der Waals surface area contributed by atoms with Crippen LogP contribution < -0.4 is 5.32 Å². The van der Waals surface area contributed by atoms with E-state index in [2.05, 4.69) is 5.32 Å². The maximum absolute atomic E-state index is 13.1. The zero-order valence-corrected chi connectivity index (χ0v) is 10.4. The average molecular weight is 246 g/mol. The zero-order valence-electron chi connectivity index (χ0n) is 9.59. The van der Waals surface area contributed by atoms with Gasteiger partial charge in [0.25, 0.3) is 0 Å². The van der Waals surface area contributed by atoms with Gasteiger partial charge in [-0.15, -0.1) is 0 Å². The minimum atomic E-state index is -0.282. The van der Waals surface area contributed by atoms with Gasteiger partial charge in [0.2, 0.25) is 0 Å². The molecule has 1 rings (SSSR count). The van der Waals surface area contributed by atoms with Crippen molar-refractivity contribution in [1.82, 2.24) is 5.32 Å². The normalized spacial score (nSPS) is 12.8. The van der Waals surface area contributed by atoms with Crippen molar-refractivity contribution in [2.75, 3.05) is 20.3 Å². The summed E-state index contributed by atoms with van der Waals surface area (Å²) in [5.74, 6) is -0.282. The van der Waals surface area contributed by atoms with Crippen molar-refractivity contribution >= 4 is 11.6 Å². The Balaban J connectivity index is 2.73. The highest BCUT2D eigenvalue weighted by atomic mass is 35.5. The van der Waals surface area contributed by atoms with E-state index in [-0.39, 0.29) is 11.9 Å². The number of hydrogen-bond acceptors (Lipinski definition) is 2. The lowest BCUT2D eigenvalue weighted by molar-refractivity contribution is 0.114. The minimum Gasteiger partial charge on any atom is -0.379 e. The van der Waals surface area contributed by atoms with Crippen LogP contribution in [-0.2, 0) is 4.74 Å². The predicted octanol–water partition coefficient (Wildman–Crippen LogP) is 3.17. The van der Waals surface area contributed by atoms with Gasteiger partial charge in [0.1, 0.15) is 5.82 Å². The SMILES string of the molecule is CCCOCC(NC)c1cc(F)ccc1Cl. The highest BCUT2D eigenvalue weighted by Crippen LogP contribution is 2.24. The number of benzene rings is 1. The van der Waals surface area contributed by atoms with Crippen molar-refractivity contribution in [2.45, 2.75) is 19.4 Å². The van der Waals surface area contributed by atoms with Gasteiger partial charge in [-0.1, -0.05) is 18.5 Å². The molecule has 0 saturated carbocycles. The van der Waals surface area contributed by atoms with Gasteiger partial charge in [0, 0.05) is 11.6 Å². The number of likely N-dealkylation sites (N-methyl/N-ethyl adjacent to an activating group) is 1. The summed E-state index contributed by atoms with van der Waals surface area (Å²) < 4.78 is 18.5. The van der Waals surface area contributed by atoms with Crippen LogP contribution in [0.5, 0.6) is 0 Å². The summed E-state index contributed by atoms with van der Waals surface area (Å²) >= 11 is 6.02. The van der Waals surface area contributed by atoms with Crippen molar-refractivity contribution in [2.24, 2.45) is 0 Å². The van der Waals surface area contributed by atoms with Crippen LogP contribution in [0.25, 0.3) is 0 Å². The highest BCUT2D eigenvalue weighted by Gasteiger charge is 2.13. The van der Waals surface area contributed by atoms with Crippen molar-refractivity contribution in [3.63, 3.8) is 0 Å². The molecule has 2 nitrogen and oxygen atoms in total. The van der Waals surface area contributed by atoms with E-state index in [1.54, 1.807) is 13.1 Å². The summed E-state index contributed by atoms with van der Waals surface area (Å²) in [6.07, 6.45) is 0.966. The van der Waals surface area contributed by atoms with Crippen LogP contribution in [0.15, 0.2) is 18.2 Å². The molecule has 0 heterocycles. The first-order valence-electron chi connectivity index (χ1n) is 5.39. The zero-order chi connectivity index (χ0) is 12.0. The summed E-state index contributed by atoms with van der Waals surface area (Å²) in [4.78, 5) is 0. The Morgan fingerprint density at radius 1 is 1.50 bits per heavy atom. The summed E-state index contributed by atoms with van der Waals surface area (Å²) in [6.45, 7) is 3.24. The average Bonchev–Trinajstić information content (AvgIpc) is 2.28. The molecule has 16 heavy (non-hydrogen) atoms. The number of halogens is 2. The summed E-state index contributed by atoms with van der Waals surface area (Å²) in [6, 6.07) is 4.29. The lowest BCUT2D eigenvalue weighted by Crippen LogP contribution is -2.22. The molecule has 0 aliphatic heterocycles. The van der Waals surface area contributed by atoms with Crippen LogP contribution in [0.3, 0.4) is 0 Å². The molecule has 4 heteroatoms. The Hall–Kier alpha value is -0.640. The van der Waals surface area contributed by atoms with E-state index < -0.39 is 0 Å². The quantitative estimate of drug-likeness (QED) is 0.778. The smallest absolute Gasteiger partial charge is 0.123 e. The number of ether oxygens (including phenoxy) is 1. The topological polar surface area (TPSA) is 21.3 Å². The summed E-state index contributed by atoms with van der Waals surface area (Å²) in [5.41, 5.74) is 0.736. The molecule has 0 spiro atoms. The third-order valence-electron chi connectivity index (χ3n) is 2.31. The molecule has 1 aromatic carbocycles. The fourth-order valence-electron chi connectivity index (χ4n) is 1.46. The molecule has 0 saturated heterocycles. The lowest BCUT2D eigenvalue weighted by Gasteiger charge is -2.18. The predicted molar refractivity (Wildman–Crippen MR) is 64.3 cm³/mol. The van der Waals surface area contributed by atoms with Gasteiger partial charge in [-0.2, -0.15) is 0 Å². The van der Waals surface area contributed by atoms with Crippen molar-refractivity contribution < 1.29 is 9.13 Å². The Morgan fingerprint density at radius 2 is 2.25 bits per heavy atom. The van der Waals surface area contributed by atoms with E-state index in [4.69, 9.17) is 16.3 Å². The maximum atomic E-state index is 13.1. The molecule has 0 aliphatic carbocycles. The first kappa shape index (κ1) is 13.4. The fraction of sp³-hybridized carbons (Fsp3) is 0.500. The Kier molecular flexibility index (Phi) is 5.74. The molecule has 0 radical (unpaired) electrons. The third kappa shape index (κ3) is 3.74. The second-order valence-electron chi connectivity index (χ2n) is 3.58. The largest absolute Gasteiger partial charge is 0.379 e. The molecular formula is C12H17ClFNO. The van der Waals surface area contributed by atoms with Gasteiger partial charge >= 0.3 is 0 Å². The van der Waals surface area contributed by atoms with Crippen molar-refractivity contribution in [3.8, 4) is 0 Å². The second kappa shape index (κ2) is 6.84. The monoisotopic (exact) mass is 245 g/mol. The van der Waals surface area contributed by atoms with E-state index in [9.17, 15) is 4.39 Å². The molecule has 0 bridgehead atoms. The summed E-state index contributed by atoms with van der Waals surface area (Å²) in [5, 5.41) is 3.63. The van der Waals surface area contributed by atoms with E-state index in [0.717, 1.165) is 12.0 Å². The summed E-state index contributed by atoms with van der Waals surface area (Å²) in [7, 11) is 1.81. The minimum absolute atomic E-state index is 0.0743. The molecule has 0 aliphatic rings. The fourth-order valence-corrected chi connectivity index (χ4v) is 1.71. The lowest BCUT2D eigenvalue weighted by atomic mass is 10.1. The highest BCUT2D eigenvalue weighted by molar-refractivity contribution is 6.31. The van der Waals surface area contributed by atoms with Gasteiger partial charge in [0.15, 0.2) is 0 Å². The van der Waals surface area contributed by atoms with E-state index in [1.807, 2.05) is 6.92 Å². The van der Waals surface area contributed by atoms with E-state index in [0.29, 0.717) is 18.2 Å². The van der Waals surface area contributed by atoms with Gasteiger partial charge in [0.05, 0.1) is 12.6 Å². The Bertz CT molecular complexity index is 333. The molecular weight excluding hydrogens is 229 g/mol. The number of nitrogens with one attached hydrogen (secondary N) is 1. The van der Waals surface area contributed by atoms with Crippen molar-refractivity contribution in [1.29, 1.82) is 0 Å². The number of hydrogen-bond donors (Lipinski definition) is 1. The van der Waals surface area contributed by atoms with Crippen LogP contribution in [0.2, 0.25) is 5.02 Å². The van der Waals surface area contributed by atoms with Gasteiger partial charge in [-0.25, -0.2) is 4.39 Å². The van der Waals surface area contributed by atoms with Crippen LogP contribution >= 0.6 is 11.6 Å². The van der Waals surface area contributed by atoms with Crippen LogP contribution in [-0.4, -0.2) is 20.3 Å². The molecule has 0 aromatic heterocycles. The Labute approximate surface area is 101 Å². The van der Waals surface area contributed by atoms with Gasteiger partial charge in [-0.3, -0.25) is 0 Å². The van der Waals surface area contributed by atoms with Crippen LogP contribution in [0.4, 0.5) is 4.39 Å². The third-order valence-corrected chi connectivity index (χ3v) is 2.66. The molecule has 1 atom stereocenters. The molecule has 0 amide bonds. The van der Waals surface area contributed by atoms with Crippen molar-refractivity contribution in [3.05, 3.63) is 34.6 Å². The van der Waals surface area contributed by atoms with Crippen LogP contribution in [0, 0.1) is 5.82 Å². The molecule has 1 aromatic rings. The molecule has 1 unspecified atom stereocenters. The van der Waals surface area contributed by atoms with Gasteiger partial charge in [-0.05, 0) is 37.2 Å². The second-order valence-corrected chi connectivity index (χ2v) is 3.99.